The number of halogens is 3. The van der Waals surface area contributed by atoms with Crippen LogP contribution in [0.4, 0.5) is 13.2 Å². The molecule has 0 aliphatic rings. The summed E-state index contributed by atoms with van der Waals surface area (Å²) in [5.41, 5.74) is -0.0601. The minimum atomic E-state index is -5.02. The number of ketones is 1. The molecule has 7 heteroatoms. The van der Waals surface area contributed by atoms with E-state index in [0.29, 0.717) is 0 Å². The van der Waals surface area contributed by atoms with E-state index in [1.165, 1.54) is 18.3 Å². The third-order valence-corrected chi connectivity index (χ3v) is 1.49. The summed E-state index contributed by atoms with van der Waals surface area (Å²) in [6.45, 7) is 0. The van der Waals surface area contributed by atoms with Crippen LogP contribution < -0.4 is 5.11 Å². The molecule has 81 valence electrons. The Balaban J connectivity index is 0.00000225. The van der Waals surface area contributed by atoms with Crippen molar-refractivity contribution in [2.45, 2.75) is 6.18 Å². The first-order chi connectivity index (χ1) is 6.91. The van der Waals surface area contributed by atoms with Crippen LogP contribution in [0.25, 0.3) is 5.76 Å². The molecule has 0 saturated carbocycles. The average molecular weight is 239 g/mol. The molecule has 0 aliphatic heterocycles. The van der Waals surface area contributed by atoms with Gasteiger partial charge in [-0.2, -0.15) is 13.2 Å². The quantitative estimate of drug-likeness (QED) is 0.430. The predicted octanol–water partition coefficient (Wildman–Crippen LogP) is 0.533. The second kappa shape index (κ2) is 6.03. The largest absolute Gasteiger partial charge is 0.872 e. The van der Waals surface area contributed by atoms with E-state index in [1.54, 1.807) is 0 Å². The molecule has 0 aliphatic carbocycles. The van der Waals surface area contributed by atoms with Crippen molar-refractivity contribution in [2.75, 3.05) is 0 Å². The van der Waals surface area contributed by atoms with Crippen LogP contribution >= 0.6 is 0 Å². The Morgan fingerprint density at radius 1 is 1.44 bits per heavy atom. The fraction of sp³-hybridized carbons (Fsp3) is 0.111. The molecule has 1 rings (SSSR count). The van der Waals surface area contributed by atoms with Crippen molar-refractivity contribution in [1.82, 2.24) is 4.98 Å². The minimum Gasteiger partial charge on any atom is -0.872 e. The first kappa shape index (κ1) is 15.2. The van der Waals surface area contributed by atoms with Crippen LogP contribution in [0, 0.1) is 0 Å². The van der Waals surface area contributed by atoms with Crippen LogP contribution in [-0.2, 0) is 4.79 Å². The first-order valence-corrected chi connectivity index (χ1v) is 3.81. The Kier molecular flexibility index (Phi) is 5.71. The molecule has 0 N–H and O–H groups in total. The van der Waals surface area contributed by atoms with Crippen molar-refractivity contribution in [1.29, 1.82) is 0 Å². The van der Waals surface area contributed by atoms with E-state index in [1.807, 2.05) is 0 Å². The summed E-state index contributed by atoms with van der Waals surface area (Å²) < 4.78 is 35.3. The van der Waals surface area contributed by atoms with Crippen LogP contribution in [-0.4, -0.2) is 46.5 Å². The number of rotatable bonds is 2. The van der Waals surface area contributed by atoms with Crippen molar-refractivity contribution in [3.63, 3.8) is 0 Å². The smallest absolute Gasteiger partial charge is 0.454 e. The van der Waals surface area contributed by atoms with Gasteiger partial charge < -0.3 is 5.11 Å². The average Bonchev–Trinajstić information content (AvgIpc) is 2.17. The molecule has 16 heavy (non-hydrogen) atoms. The van der Waals surface area contributed by atoms with E-state index in [4.69, 9.17) is 0 Å². The molecule has 3 nitrogen and oxygen atoms in total. The van der Waals surface area contributed by atoms with E-state index in [9.17, 15) is 23.1 Å². The molecular formula is C9H5F3NNaO2-. The van der Waals surface area contributed by atoms with Gasteiger partial charge in [-0.1, -0.05) is 11.8 Å². The summed E-state index contributed by atoms with van der Waals surface area (Å²) in [5.74, 6) is -3.18. The van der Waals surface area contributed by atoms with Gasteiger partial charge in [0.1, 0.15) is 0 Å². The normalized spacial score (nSPS) is 11.8. The summed E-state index contributed by atoms with van der Waals surface area (Å²) in [6, 6.07) is 2.66. The Bertz CT molecular complexity index is 389. The zero-order valence-corrected chi connectivity index (χ0v) is 10.3. The summed E-state index contributed by atoms with van der Waals surface area (Å²) in [6.07, 6.45) is -2.56. The van der Waals surface area contributed by atoms with Gasteiger partial charge in [-0.25, -0.2) is 0 Å². The van der Waals surface area contributed by atoms with Gasteiger partial charge in [-0.15, -0.1) is 0 Å². The Morgan fingerprint density at radius 3 is 2.50 bits per heavy atom. The molecule has 0 spiro atoms. The van der Waals surface area contributed by atoms with Crippen LogP contribution in [0.3, 0.4) is 0 Å². The van der Waals surface area contributed by atoms with Gasteiger partial charge in [0.05, 0.1) is 0 Å². The van der Waals surface area contributed by atoms with E-state index >= 15 is 0 Å². The van der Waals surface area contributed by atoms with E-state index in [0.717, 1.165) is 6.20 Å². The standard InChI is InChI=1S/C9H6F3NO2.Na/c10-9(11,12)8(15)4-7(14)6-2-1-3-13-5-6;/h1-5,14H;/p-1/b7-4-;. The molecule has 0 fully saturated rings. The van der Waals surface area contributed by atoms with Crippen LogP contribution in [0.5, 0.6) is 0 Å². The molecule has 0 bridgehead atoms. The van der Waals surface area contributed by atoms with Crippen molar-refractivity contribution in [2.24, 2.45) is 0 Å². The molecule has 1 radical (unpaired) electrons. The number of hydrogen-bond donors (Lipinski definition) is 0. The van der Waals surface area contributed by atoms with Crippen LogP contribution in [0.15, 0.2) is 30.6 Å². The maximum atomic E-state index is 11.8. The SMILES string of the molecule is O=C(/C=C(\[O-])c1cccnc1)C(F)(F)F.[Na]. The van der Waals surface area contributed by atoms with Gasteiger partial charge in [0.2, 0.25) is 0 Å². The zero-order valence-electron chi connectivity index (χ0n) is 8.28. The Hall–Kier alpha value is -0.850. The molecule has 1 aromatic rings. The minimum absolute atomic E-state index is 0. The fourth-order valence-corrected chi connectivity index (χ4v) is 0.793. The molecule has 0 atom stereocenters. The van der Waals surface area contributed by atoms with E-state index < -0.39 is 17.7 Å². The van der Waals surface area contributed by atoms with Crippen molar-refractivity contribution >= 4 is 41.1 Å². The van der Waals surface area contributed by atoms with Crippen LogP contribution in [0.1, 0.15) is 5.56 Å². The van der Waals surface area contributed by atoms with Crippen molar-refractivity contribution < 1.29 is 23.1 Å². The van der Waals surface area contributed by atoms with Gasteiger partial charge in [-0.05, 0) is 17.7 Å². The molecule has 0 unspecified atom stereocenters. The van der Waals surface area contributed by atoms with Gasteiger partial charge in [0, 0.05) is 42.0 Å². The monoisotopic (exact) mass is 239 g/mol. The second-order valence-electron chi connectivity index (χ2n) is 2.61. The molecule has 1 aromatic heterocycles. The number of carbonyl (C=O) groups excluding carboxylic acids is 1. The number of alkyl halides is 3. The topological polar surface area (TPSA) is 53.0 Å². The number of carbonyl (C=O) groups is 1. The number of pyridine rings is 1. The number of hydrogen-bond acceptors (Lipinski definition) is 3. The third kappa shape index (κ3) is 4.34. The number of allylic oxidation sites excluding steroid dienone is 1. The maximum absolute atomic E-state index is 11.8. The van der Waals surface area contributed by atoms with Crippen molar-refractivity contribution in [3.05, 3.63) is 36.2 Å². The second-order valence-corrected chi connectivity index (χ2v) is 2.61. The van der Waals surface area contributed by atoms with Gasteiger partial charge >= 0.3 is 6.18 Å². The molecule has 0 aromatic carbocycles. The Labute approximate surface area is 111 Å². The van der Waals surface area contributed by atoms with Crippen molar-refractivity contribution in [3.8, 4) is 0 Å². The molecular weight excluding hydrogens is 234 g/mol. The number of aromatic nitrogens is 1. The molecule has 1 heterocycles. The van der Waals surface area contributed by atoms with Gasteiger partial charge in [0.25, 0.3) is 5.78 Å². The number of nitrogens with zero attached hydrogens (tertiary/aromatic N) is 1. The van der Waals surface area contributed by atoms with E-state index in [-0.39, 0.29) is 41.2 Å². The zero-order chi connectivity index (χ0) is 11.5. The summed E-state index contributed by atoms with van der Waals surface area (Å²) >= 11 is 0. The fourth-order valence-electron chi connectivity index (χ4n) is 0.793. The third-order valence-electron chi connectivity index (χ3n) is 1.49. The molecule has 0 amide bonds. The summed E-state index contributed by atoms with van der Waals surface area (Å²) in [4.78, 5) is 14.0. The van der Waals surface area contributed by atoms with Gasteiger partial charge in [-0.3, -0.25) is 9.78 Å². The summed E-state index contributed by atoms with van der Waals surface area (Å²) in [7, 11) is 0. The van der Waals surface area contributed by atoms with E-state index in [2.05, 4.69) is 4.98 Å². The summed E-state index contributed by atoms with van der Waals surface area (Å²) in [5, 5.41) is 11.1. The van der Waals surface area contributed by atoms with Gasteiger partial charge in [0.15, 0.2) is 0 Å². The Morgan fingerprint density at radius 2 is 2.06 bits per heavy atom. The maximum Gasteiger partial charge on any atom is 0.454 e. The molecule has 0 saturated heterocycles. The first-order valence-electron chi connectivity index (χ1n) is 3.81. The predicted molar refractivity (Wildman–Crippen MR) is 49.0 cm³/mol. The van der Waals surface area contributed by atoms with Crippen LogP contribution in [0.2, 0.25) is 0 Å².